The number of benzene rings is 2. The van der Waals surface area contributed by atoms with Gasteiger partial charge in [-0.05, 0) is 42.5 Å². The molecular formula is C27H15N5. The van der Waals surface area contributed by atoms with Crippen molar-refractivity contribution in [3.8, 4) is 11.4 Å². The first-order chi connectivity index (χ1) is 15.9. The fourth-order valence-electron chi connectivity index (χ4n) is 4.49. The molecule has 0 unspecified atom stereocenters. The fraction of sp³-hybridized carbons (Fsp3) is 0. The van der Waals surface area contributed by atoms with E-state index in [4.69, 9.17) is 9.97 Å². The van der Waals surface area contributed by atoms with Crippen LogP contribution in [0.5, 0.6) is 0 Å². The van der Waals surface area contributed by atoms with Crippen molar-refractivity contribution in [1.82, 2.24) is 24.9 Å². The van der Waals surface area contributed by atoms with Crippen LogP contribution in [0.2, 0.25) is 0 Å². The molecule has 0 atom stereocenters. The third-order valence-electron chi connectivity index (χ3n) is 5.97. The van der Waals surface area contributed by atoms with Crippen LogP contribution >= 0.6 is 0 Å². The van der Waals surface area contributed by atoms with Crippen LogP contribution in [-0.4, -0.2) is 24.9 Å². The number of rotatable bonds is 1. The predicted molar refractivity (Wildman–Crippen MR) is 128 cm³/mol. The van der Waals surface area contributed by atoms with Crippen molar-refractivity contribution in [1.29, 1.82) is 0 Å². The van der Waals surface area contributed by atoms with Crippen molar-refractivity contribution in [2.24, 2.45) is 0 Å². The highest BCUT2D eigenvalue weighted by atomic mass is 14.8. The van der Waals surface area contributed by atoms with Gasteiger partial charge in [-0.3, -0.25) is 15.0 Å². The lowest BCUT2D eigenvalue weighted by Gasteiger charge is -2.10. The zero-order chi connectivity index (χ0) is 21.1. The van der Waals surface area contributed by atoms with Crippen LogP contribution in [0.15, 0.2) is 91.4 Å². The van der Waals surface area contributed by atoms with Gasteiger partial charge in [-0.2, -0.15) is 0 Å². The van der Waals surface area contributed by atoms with Gasteiger partial charge in [-0.25, -0.2) is 9.97 Å². The maximum atomic E-state index is 5.06. The topological polar surface area (TPSA) is 64.5 Å². The number of nitrogens with zero attached hydrogens (tertiary/aromatic N) is 5. The molecule has 7 rings (SSSR count). The molecule has 0 saturated carbocycles. The standard InChI is InChI=1S/C27H15N5/c1-4-16-7-8-17-9-11-21(31-24(17)23(16)28-13-1)22-12-10-19-18-5-2-14-29-26(18)27-20(25(19)32-22)6-3-15-30-27/h1-15H. The maximum Gasteiger partial charge on any atom is 0.0986 e. The number of hydrogen-bond acceptors (Lipinski definition) is 5. The van der Waals surface area contributed by atoms with Crippen LogP contribution in [0.4, 0.5) is 0 Å². The SMILES string of the molecule is c1cnc2c(c1)ccc1ccc(-c3ccc4c5cccnc5c5ncccc5c4n3)nc12. The molecule has 0 N–H and O–H groups in total. The Labute approximate surface area is 182 Å². The van der Waals surface area contributed by atoms with E-state index in [-0.39, 0.29) is 0 Å². The number of aromatic nitrogens is 5. The first-order valence-electron chi connectivity index (χ1n) is 10.4. The minimum atomic E-state index is 0.820. The molecule has 7 aromatic rings. The molecule has 0 spiro atoms. The zero-order valence-electron chi connectivity index (χ0n) is 16.9. The maximum absolute atomic E-state index is 5.06. The van der Waals surface area contributed by atoms with Crippen molar-refractivity contribution < 1.29 is 0 Å². The molecule has 0 bridgehead atoms. The van der Waals surface area contributed by atoms with Gasteiger partial charge in [0.2, 0.25) is 0 Å². The molecule has 0 fully saturated rings. The molecule has 5 heteroatoms. The molecule has 0 aliphatic rings. The molecule has 0 amide bonds. The molecule has 5 aromatic heterocycles. The smallest absolute Gasteiger partial charge is 0.0986 e. The van der Waals surface area contributed by atoms with E-state index in [1.54, 1.807) is 12.4 Å². The van der Waals surface area contributed by atoms with Crippen LogP contribution in [0.25, 0.3) is 65.9 Å². The second-order valence-electron chi connectivity index (χ2n) is 7.80. The van der Waals surface area contributed by atoms with Crippen molar-refractivity contribution in [3.05, 3.63) is 91.4 Å². The average molecular weight is 409 g/mol. The third-order valence-corrected chi connectivity index (χ3v) is 5.97. The van der Waals surface area contributed by atoms with Crippen LogP contribution in [0, 0.1) is 0 Å². The van der Waals surface area contributed by atoms with E-state index in [9.17, 15) is 0 Å². The second kappa shape index (κ2) is 6.49. The van der Waals surface area contributed by atoms with Gasteiger partial charge >= 0.3 is 0 Å². The first kappa shape index (κ1) is 17.2. The highest BCUT2D eigenvalue weighted by molar-refractivity contribution is 6.21. The van der Waals surface area contributed by atoms with E-state index < -0.39 is 0 Å². The fourth-order valence-corrected chi connectivity index (χ4v) is 4.49. The average Bonchev–Trinajstić information content (AvgIpc) is 2.88. The molecule has 5 heterocycles. The quantitative estimate of drug-likeness (QED) is 0.307. The van der Waals surface area contributed by atoms with Gasteiger partial charge in [0.25, 0.3) is 0 Å². The number of pyridine rings is 5. The van der Waals surface area contributed by atoms with Crippen molar-refractivity contribution in [3.63, 3.8) is 0 Å². The number of hydrogen-bond donors (Lipinski definition) is 0. The summed E-state index contributed by atoms with van der Waals surface area (Å²) < 4.78 is 0. The van der Waals surface area contributed by atoms with E-state index in [1.807, 2.05) is 36.5 Å². The van der Waals surface area contributed by atoms with Crippen LogP contribution in [-0.2, 0) is 0 Å². The van der Waals surface area contributed by atoms with Crippen LogP contribution in [0.3, 0.4) is 0 Å². The lowest BCUT2D eigenvalue weighted by Crippen LogP contribution is -1.93. The molecular weight excluding hydrogens is 394 g/mol. The summed E-state index contributed by atoms with van der Waals surface area (Å²) in [5.41, 5.74) is 6.09. The lowest BCUT2D eigenvalue weighted by molar-refractivity contribution is 1.31. The summed E-state index contributed by atoms with van der Waals surface area (Å²) in [4.78, 5) is 23.8. The summed E-state index contributed by atoms with van der Waals surface area (Å²) in [6.07, 6.45) is 5.42. The Kier molecular flexibility index (Phi) is 3.49. The molecule has 5 nitrogen and oxygen atoms in total. The van der Waals surface area contributed by atoms with E-state index in [0.717, 1.165) is 65.9 Å². The van der Waals surface area contributed by atoms with Gasteiger partial charge < -0.3 is 0 Å². The Morgan fingerprint density at radius 2 is 0.906 bits per heavy atom. The normalized spacial score (nSPS) is 11.8. The molecule has 0 aliphatic carbocycles. The van der Waals surface area contributed by atoms with Gasteiger partial charge in [0.1, 0.15) is 0 Å². The van der Waals surface area contributed by atoms with Gasteiger partial charge in [-0.15, -0.1) is 0 Å². The highest BCUT2D eigenvalue weighted by Gasteiger charge is 2.13. The van der Waals surface area contributed by atoms with Crippen LogP contribution in [0.1, 0.15) is 0 Å². The van der Waals surface area contributed by atoms with E-state index in [1.165, 1.54) is 0 Å². The van der Waals surface area contributed by atoms with Crippen LogP contribution < -0.4 is 0 Å². The first-order valence-corrected chi connectivity index (χ1v) is 10.4. The lowest BCUT2D eigenvalue weighted by atomic mass is 10.0. The van der Waals surface area contributed by atoms with Crippen molar-refractivity contribution in [2.75, 3.05) is 0 Å². The molecule has 148 valence electrons. The summed E-state index contributed by atoms with van der Waals surface area (Å²) in [6.45, 7) is 0. The summed E-state index contributed by atoms with van der Waals surface area (Å²) >= 11 is 0. The highest BCUT2D eigenvalue weighted by Crippen LogP contribution is 2.33. The Morgan fingerprint density at radius 3 is 1.72 bits per heavy atom. The van der Waals surface area contributed by atoms with E-state index in [0.29, 0.717) is 0 Å². The molecule has 2 aromatic carbocycles. The van der Waals surface area contributed by atoms with E-state index in [2.05, 4.69) is 57.4 Å². The van der Waals surface area contributed by atoms with Crippen molar-refractivity contribution in [2.45, 2.75) is 0 Å². The van der Waals surface area contributed by atoms with Gasteiger partial charge in [0, 0.05) is 45.5 Å². The van der Waals surface area contributed by atoms with E-state index >= 15 is 0 Å². The Balaban J connectivity index is 1.54. The largest absolute Gasteiger partial charge is 0.254 e. The van der Waals surface area contributed by atoms with Gasteiger partial charge in [-0.1, -0.05) is 30.3 Å². The minimum Gasteiger partial charge on any atom is -0.254 e. The molecule has 32 heavy (non-hydrogen) atoms. The Hall–Kier alpha value is -4.51. The summed E-state index contributed by atoms with van der Waals surface area (Å²) in [7, 11) is 0. The monoisotopic (exact) mass is 409 g/mol. The second-order valence-corrected chi connectivity index (χ2v) is 7.80. The molecule has 0 radical (unpaired) electrons. The summed E-state index contributed by atoms with van der Waals surface area (Å²) in [5.74, 6) is 0. The zero-order valence-corrected chi connectivity index (χ0v) is 16.9. The number of fused-ring (bicyclic) bond motifs is 9. The predicted octanol–water partition coefficient (Wildman–Crippen LogP) is 6.09. The summed E-state index contributed by atoms with van der Waals surface area (Å²) in [5, 5.41) is 5.24. The molecule has 0 aliphatic heterocycles. The van der Waals surface area contributed by atoms with Gasteiger partial charge in [0.05, 0.1) is 39.0 Å². The molecule has 0 saturated heterocycles. The Bertz CT molecular complexity index is 1810. The minimum absolute atomic E-state index is 0.820. The van der Waals surface area contributed by atoms with Crippen molar-refractivity contribution >= 4 is 54.5 Å². The third kappa shape index (κ3) is 2.42. The summed E-state index contributed by atoms with van der Waals surface area (Å²) in [6, 6.07) is 24.4. The Morgan fingerprint density at radius 1 is 0.375 bits per heavy atom. The van der Waals surface area contributed by atoms with Gasteiger partial charge in [0.15, 0.2) is 0 Å².